The van der Waals surface area contributed by atoms with Crippen LogP contribution in [0.15, 0.2) is 30.3 Å². The van der Waals surface area contributed by atoms with E-state index in [4.69, 9.17) is 22.2 Å². The number of carbonyl (C=O) groups excluding carboxylic acids is 2. The van der Waals surface area contributed by atoms with E-state index in [1.165, 1.54) is 5.56 Å². The lowest BCUT2D eigenvalue weighted by Crippen LogP contribution is -2.51. The summed E-state index contributed by atoms with van der Waals surface area (Å²) in [7, 11) is -3.37. The quantitative estimate of drug-likeness (QED) is 0.264. The molecule has 0 bridgehead atoms. The fraction of sp³-hybridized carbons (Fsp3) is 0.636. The Morgan fingerprint density at radius 2 is 1.18 bits per heavy atom. The second kappa shape index (κ2) is 13.9. The van der Waals surface area contributed by atoms with Crippen LogP contribution in [0.2, 0.25) is 58.4 Å². The molecule has 0 atom stereocenters. The molecule has 1 fully saturated rings. The minimum absolute atomic E-state index is 0.425. The molecule has 8 nitrogen and oxygen atoms in total. The van der Waals surface area contributed by atoms with Gasteiger partial charge in [-0.15, -0.1) is 0 Å². The zero-order valence-electron chi connectivity index (χ0n) is 22.7. The Bertz CT molecular complexity index is 755. The first kappa shape index (κ1) is 33.0. The maximum Gasteiger partial charge on any atom is 0.327 e. The van der Waals surface area contributed by atoms with Crippen molar-refractivity contribution in [3.05, 3.63) is 35.9 Å². The molecule has 34 heavy (non-hydrogen) atoms. The fourth-order valence-electron chi connectivity index (χ4n) is 3.52. The van der Waals surface area contributed by atoms with Crippen molar-refractivity contribution in [1.29, 1.82) is 0 Å². The fourth-order valence-corrected chi connectivity index (χ4v) is 18.0. The third kappa shape index (κ3) is 12.6. The van der Waals surface area contributed by atoms with Gasteiger partial charge in [0.15, 0.2) is 22.6 Å². The van der Waals surface area contributed by atoms with Crippen molar-refractivity contribution >= 4 is 45.7 Å². The average Bonchev–Trinajstić information content (AvgIpc) is 2.73. The Morgan fingerprint density at radius 1 is 0.765 bits per heavy atom. The molecule has 1 aromatic carbocycles. The number of hydrogen-bond acceptors (Lipinski definition) is 8. The number of benzene rings is 1. The number of cyclic esters (lactones) is 2. The third-order valence-electron chi connectivity index (χ3n) is 4.97. The van der Waals surface area contributed by atoms with Crippen LogP contribution in [0.5, 0.6) is 0 Å². The molecule has 0 aromatic heterocycles. The Kier molecular flexibility index (Phi) is 13.5. The molecule has 2 rings (SSSR count). The summed E-state index contributed by atoms with van der Waals surface area (Å²) < 4.78 is 27.3. The van der Waals surface area contributed by atoms with Crippen molar-refractivity contribution in [2.45, 2.75) is 64.5 Å². The van der Waals surface area contributed by atoms with Crippen LogP contribution in [-0.4, -0.2) is 72.1 Å². The van der Waals surface area contributed by atoms with Gasteiger partial charge in [0.05, 0.1) is 0 Å². The minimum atomic E-state index is -2.11. The summed E-state index contributed by atoms with van der Waals surface area (Å²) in [5.41, 5.74) is 1.36. The van der Waals surface area contributed by atoms with Crippen LogP contribution in [0.3, 0.4) is 0 Å². The van der Waals surface area contributed by atoms with Gasteiger partial charge >= 0.3 is 29.1 Å². The molecule has 0 radical (unpaired) electrons. The van der Waals surface area contributed by atoms with Crippen LogP contribution in [0.4, 0.5) is 0 Å². The van der Waals surface area contributed by atoms with E-state index in [9.17, 15) is 9.59 Å². The maximum atomic E-state index is 11.1. The molecule has 0 saturated carbocycles. The molecule has 1 N–H and O–H groups in total. The zero-order chi connectivity index (χ0) is 26.8. The van der Waals surface area contributed by atoms with E-state index >= 15 is 0 Å². The van der Waals surface area contributed by atoms with E-state index in [2.05, 4.69) is 55.2 Å². The van der Waals surface area contributed by atoms with Gasteiger partial charge < -0.3 is 26.9 Å². The molecular weight excluding hydrogens is 505 g/mol. The van der Waals surface area contributed by atoms with Crippen molar-refractivity contribution in [1.82, 2.24) is 0 Å². The molecule has 0 aliphatic carbocycles. The highest BCUT2D eigenvalue weighted by Crippen LogP contribution is 2.28. The zero-order valence-corrected chi connectivity index (χ0v) is 26.7. The van der Waals surface area contributed by atoms with Crippen molar-refractivity contribution in [2.75, 3.05) is 21.3 Å². The van der Waals surface area contributed by atoms with Crippen molar-refractivity contribution in [2.24, 2.45) is 5.92 Å². The summed E-state index contributed by atoms with van der Waals surface area (Å²) in [6.45, 7) is 16.6. The van der Waals surface area contributed by atoms with Gasteiger partial charge in [0.25, 0.3) is 0 Å². The summed E-state index contributed by atoms with van der Waals surface area (Å²) in [6, 6.07) is 12.1. The van der Waals surface area contributed by atoms with E-state index < -0.39 is 51.6 Å². The summed E-state index contributed by atoms with van der Waals surface area (Å²) in [6.07, 6.45) is 0. The van der Waals surface area contributed by atoms with Crippen molar-refractivity contribution < 1.29 is 36.5 Å². The lowest BCUT2D eigenvalue weighted by molar-refractivity contribution is -0.182. The first-order valence-corrected chi connectivity index (χ1v) is 23.1. The number of rotatable bonds is 10. The van der Waals surface area contributed by atoms with E-state index in [0.29, 0.717) is 6.04 Å². The highest BCUT2D eigenvalue weighted by molar-refractivity contribution is 6.82. The summed E-state index contributed by atoms with van der Waals surface area (Å²) >= 11 is 0. The van der Waals surface area contributed by atoms with Crippen molar-refractivity contribution in [3.63, 3.8) is 0 Å². The number of carbonyl (C=O) groups is 2. The van der Waals surface area contributed by atoms with Crippen LogP contribution < -0.4 is 0 Å². The Morgan fingerprint density at radius 3 is 1.56 bits per heavy atom. The Labute approximate surface area is 209 Å². The molecule has 12 heteroatoms. The second-order valence-electron chi connectivity index (χ2n) is 10.1. The van der Waals surface area contributed by atoms with Crippen LogP contribution >= 0.6 is 0 Å². The molecule has 0 unspecified atom stereocenters. The van der Waals surface area contributed by atoms with Crippen LogP contribution in [-0.2, 0) is 37.5 Å². The average molecular weight is 549 g/mol. The normalized spacial score (nSPS) is 14.8. The van der Waals surface area contributed by atoms with E-state index in [0.717, 1.165) is 13.2 Å². The monoisotopic (exact) mass is 548 g/mol. The minimum Gasteiger partial charge on any atom is -0.436 e. The summed E-state index contributed by atoms with van der Waals surface area (Å²) in [5, 5.41) is 7.00. The molecule has 0 amide bonds. The smallest absolute Gasteiger partial charge is 0.327 e. The van der Waals surface area contributed by atoms with E-state index in [1.54, 1.807) is 14.2 Å². The predicted molar refractivity (Wildman–Crippen MR) is 144 cm³/mol. The number of esters is 2. The largest absolute Gasteiger partial charge is 0.436 e. The molecule has 1 saturated heterocycles. The van der Waals surface area contributed by atoms with E-state index in [1.807, 2.05) is 32.3 Å². The lowest BCUT2D eigenvalue weighted by atomic mass is 10.1. The Balaban J connectivity index is 0.000000597. The number of ether oxygens (including phenoxy) is 1. The van der Waals surface area contributed by atoms with Crippen LogP contribution in [0.1, 0.15) is 5.56 Å². The topological polar surface area (TPSA) is 101 Å². The second-order valence-corrected chi connectivity index (χ2v) is 25.9. The van der Waals surface area contributed by atoms with Gasteiger partial charge in [-0.05, 0) is 70.0 Å². The highest BCUT2D eigenvalue weighted by Gasteiger charge is 2.47. The van der Waals surface area contributed by atoms with Gasteiger partial charge in [0, 0.05) is 21.3 Å². The Hall–Kier alpha value is -0.972. The van der Waals surface area contributed by atoms with Gasteiger partial charge in [-0.2, -0.15) is 0 Å². The standard InChI is InChI=1S/C12H22O2Si2.C9H18O5Si2.CH4O/c1-13-16(4,5)14-15(2,3)11-12-9-7-6-8-10-12;1-12-16(4,5)14-15(2,3)6-7-8(10)13-9(7)11;1-2/h6-10H,11H2,1-5H3;7H,6H2,1-5H3;2H,1H3. The van der Waals surface area contributed by atoms with E-state index in [-0.39, 0.29) is 0 Å². The van der Waals surface area contributed by atoms with Gasteiger partial charge in [0.1, 0.15) is 0 Å². The lowest BCUT2D eigenvalue weighted by Gasteiger charge is -2.35. The van der Waals surface area contributed by atoms with Crippen LogP contribution in [0.25, 0.3) is 0 Å². The van der Waals surface area contributed by atoms with Gasteiger partial charge in [-0.1, -0.05) is 30.3 Å². The summed E-state index contributed by atoms with van der Waals surface area (Å²) in [5.74, 6) is -1.46. The third-order valence-corrected chi connectivity index (χ3v) is 17.9. The molecule has 1 heterocycles. The molecule has 196 valence electrons. The molecule has 1 aliphatic heterocycles. The van der Waals surface area contributed by atoms with Gasteiger partial charge in [-0.3, -0.25) is 9.59 Å². The number of aliphatic hydroxyl groups is 1. The van der Waals surface area contributed by atoms with Crippen LogP contribution in [0, 0.1) is 5.92 Å². The summed E-state index contributed by atoms with van der Waals surface area (Å²) in [4.78, 5) is 22.1. The van der Waals surface area contributed by atoms with Crippen molar-refractivity contribution in [3.8, 4) is 0 Å². The molecule has 1 aliphatic rings. The first-order valence-electron chi connectivity index (χ1n) is 11.3. The predicted octanol–water partition coefficient (Wildman–Crippen LogP) is 4.20. The molecule has 1 aromatic rings. The first-order chi connectivity index (χ1) is 15.5. The number of aliphatic hydroxyl groups excluding tert-OH is 1. The number of hydrogen-bond donors (Lipinski definition) is 1. The highest BCUT2D eigenvalue weighted by atomic mass is 28.4. The van der Waals surface area contributed by atoms with Gasteiger partial charge in [0.2, 0.25) is 0 Å². The molecular formula is C22H44O8Si4. The van der Waals surface area contributed by atoms with Gasteiger partial charge in [-0.25, -0.2) is 0 Å². The molecule has 0 spiro atoms. The SMILES string of the molecule is CO.CO[Si](C)(C)O[Si](C)(C)CC1C(=O)OC1=O.CO[Si](C)(C)O[Si](C)(C)Cc1ccccc1. The maximum absolute atomic E-state index is 11.1.